The van der Waals surface area contributed by atoms with Gasteiger partial charge >= 0.3 is 6.03 Å². The van der Waals surface area contributed by atoms with Gasteiger partial charge in [-0.1, -0.05) is 30.3 Å². The average molecular weight is 722 g/mol. The fourth-order valence-corrected chi connectivity index (χ4v) is 6.98. The number of ether oxygens (including phenoxy) is 2. The number of aromatic nitrogens is 5. The number of morpholine rings is 1. The van der Waals surface area contributed by atoms with E-state index in [1.165, 1.54) is 11.1 Å². The van der Waals surface area contributed by atoms with Crippen molar-refractivity contribution in [2.24, 2.45) is 0 Å². The van der Waals surface area contributed by atoms with Crippen LogP contribution in [-0.4, -0.2) is 75.3 Å². The van der Waals surface area contributed by atoms with Gasteiger partial charge in [-0.25, -0.2) is 14.5 Å². The lowest BCUT2D eigenvalue weighted by molar-refractivity contribution is 0.0322. The summed E-state index contributed by atoms with van der Waals surface area (Å²) >= 11 is 0. The van der Waals surface area contributed by atoms with Crippen LogP contribution in [0.5, 0.6) is 5.75 Å². The van der Waals surface area contributed by atoms with E-state index in [9.17, 15) is 4.79 Å². The molecule has 7 aromatic rings. The maximum atomic E-state index is 13.4. The minimum atomic E-state index is -0.351. The van der Waals surface area contributed by atoms with E-state index >= 15 is 0 Å². The van der Waals surface area contributed by atoms with Gasteiger partial charge in [0.05, 0.1) is 42.0 Å². The molecule has 1 aliphatic heterocycles. The number of carbonyl (C=O) groups is 1. The number of aromatic amines is 1. The molecular formula is C42H43N9O3. The van der Waals surface area contributed by atoms with Gasteiger partial charge in [0, 0.05) is 48.4 Å². The number of nitrogens with zero attached hydrogens (tertiary/aromatic N) is 5. The number of aryl methyl sites for hydroxylation is 4. The van der Waals surface area contributed by atoms with Gasteiger partial charge in [0.15, 0.2) is 0 Å². The van der Waals surface area contributed by atoms with Crippen molar-refractivity contribution in [3.63, 3.8) is 0 Å². The van der Waals surface area contributed by atoms with Gasteiger partial charge < -0.3 is 20.1 Å². The standard InChI is InChI=1S/C42H43N9O3/c1-28-23-33(26-32-27-44-48-41(28)32)45-39-25-30(15-16-43-39)7-8-31-9-14-38(37-6-4-3-5-36(31)37)46-42(52)47-40-24-29(2)49-51(40)34-10-12-35(13-11-34)54-22-19-50-17-20-53-21-18-50/h3-6,9-16,23-27H,7-8,17-22H2,1-2H3,(H,43,45)(H,44,48)(H2,46,47,52). The van der Waals surface area contributed by atoms with E-state index in [-0.39, 0.29) is 6.03 Å². The number of fused-ring (bicyclic) bond motifs is 2. The molecule has 4 N–H and O–H groups in total. The van der Waals surface area contributed by atoms with Crippen LogP contribution in [0.1, 0.15) is 22.4 Å². The number of hydrogen-bond acceptors (Lipinski definition) is 8. The summed E-state index contributed by atoms with van der Waals surface area (Å²) in [5.41, 5.74) is 7.84. The van der Waals surface area contributed by atoms with Crippen LogP contribution >= 0.6 is 0 Å². The second-order valence-corrected chi connectivity index (χ2v) is 13.6. The van der Waals surface area contributed by atoms with E-state index in [1.807, 2.05) is 73.9 Å². The molecule has 0 radical (unpaired) electrons. The zero-order valence-corrected chi connectivity index (χ0v) is 30.4. The van der Waals surface area contributed by atoms with E-state index in [1.54, 1.807) is 4.68 Å². The molecule has 4 aromatic carbocycles. The highest BCUT2D eigenvalue weighted by atomic mass is 16.5. The molecule has 1 fully saturated rings. The smallest absolute Gasteiger partial charge is 0.324 e. The summed E-state index contributed by atoms with van der Waals surface area (Å²) in [5.74, 6) is 2.15. The molecule has 0 unspecified atom stereocenters. The van der Waals surface area contributed by atoms with Crippen molar-refractivity contribution in [2.45, 2.75) is 26.7 Å². The molecule has 1 saturated heterocycles. The van der Waals surface area contributed by atoms with Crippen molar-refractivity contribution in [1.29, 1.82) is 0 Å². The number of pyridine rings is 1. The van der Waals surface area contributed by atoms with Gasteiger partial charge in [-0.2, -0.15) is 10.2 Å². The molecule has 0 saturated carbocycles. The molecule has 4 heterocycles. The first-order chi connectivity index (χ1) is 26.4. The van der Waals surface area contributed by atoms with Crippen LogP contribution in [0.15, 0.2) is 103 Å². The molecular weight excluding hydrogens is 679 g/mol. The Bertz CT molecular complexity index is 2400. The Morgan fingerprint density at radius 1 is 0.907 bits per heavy atom. The SMILES string of the molecule is Cc1cc(NC(=O)Nc2ccc(CCc3ccnc(Nc4cc(C)c5[nH]ncc5c4)c3)c3ccccc23)n(-c2ccc(OCCN3CCOCC3)cc2)n1. The maximum Gasteiger partial charge on any atom is 0.324 e. The predicted octanol–water partition coefficient (Wildman–Crippen LogP) is 7.80. The van der Waals surface area contributed by atoms with Crippen LogP contribution < -0.4 is 20.7 Å². The summed E-state index contributed by atoms with van der Waals surface area (Å²) in [6.45, 7) is 8.86. The van der Waals surface area contributed by atoms with Gasteiger partial charge in [-0.05, 0) is 103 Å². The van der Waals surface area contributed by atoms with Gasteiger partial charge in [0.25, 0.3) is 0 Å². The zero-order valence-electron chi connectivity index (χ0n) is 30.4. The molecule has 1 aliphatic rings. The second-order valence-electron chi connectivity index (χ2n) is 13.6. The number of H-pyrrole nitrogens is 1. The second kappa shape index (κ2) is 15.8. The van der Waals surface area contributed by atoms with Crippen molar-refractivity contribution in [3.05, 3.63) is 126 Å². The van der Waals surface area contributed by atoms with Crippen LogP contribution in [0.2, 0.25) is 0 Å². The topological polar surface area (TPSA) is 134 Å². The van der Waals surface area contributed by atoms with Crippen LogP contribution in [0, 0.1) is 13.8 Å². The number of benzene rings is 4. The fraction of sp³-hybridized carbons (Fsp3) is 0.238. The Morgan fingerprint density at radius 3 is 2.59 bits per heavy atom. The summed E-state index contributed by atoms with van der Waals surface area (Å²) in [6, 6.07) is 29.8. The van der Waals surface area contributed by atoms with E-state index in [4.69, 9.17) is 9.47 Å². The molecule has 3 aromatic heterocycles. The Hall–Kier alpha value is -6.24. The molecule has 0 bridgehead atoms. The van der Waals surface area contributed by atoms with E-state index in [0.29, 0.717) is 12.4 Å². The van der Waals surface area contributed by atoms with E-state index < -0.39 is 0 Å². The summed E-state index contributed by atoms with van der Waals surface area (Å²) in [7, 11) is 0. The number of rotatable bonds is 12. The van der Waals surface area contributed by atoms with Crippen LogP contribution in [-0.2, 0) is 17.6 Å². The zero-order chi connectivity index (χ0) is 36.9. The minimum absolute atomic E-state index is 0.351. The van der Waals surface area contributed by atoms with Crippen molar-refractivity contribution >= 4 is 50.7 Å². The molecule has 274 valence electrons. The molecule has 0 atom stereocenters. The van der Waals surface area contributed by atoms with Gasteiger partial charge in [0.1, 0.15) is 24.0 Å². The Kier molecular flexibility index (Phi) is 10.2. The van der Waals surface area contributed by atoms with Crippen molar-refractivity contribution in [3.8, 4) is 11.4 Å². The molecule has 0 aliphatic carbocycles. The summed E-state index contributed by atoms with van der Waals surface area (Å²) in [4.78, 5) is 20.3. The highest BCUT2D eigenvalue weighted by Gasteiger charge is 2.15. The lowest BCUT2D eigenvalue weighted by atomic mass is 9.97. The summed E-state index contributed by atoms with van der Waals surface area (Å²) < 4.78 is 13.1. The van der Waals surface area contributed by atoms with Crippen molar-refractivity contribution in [2.75, 3.05) is 55.4 Å². The van der Waals surface area contributed by atoms with Crippen LogP contribution in [0.4, 0.5) is 27.8 Å². The van der Waals surface area contributed by atoms with Gasteiger partial charge in [-0.3, -0.25) is 15.3 Å². The molecule has 54 heavy (non-hydrogen) atoms. The highest BCUT2D eigenvalue weighted by Crippen LogP contribution is 2.29. The summed E-state index contributed by atoms with van der Waals surface area (Å²) in [6.07, 6.45) is 5.33. The normalized spacial score (nSPS) is 13.3. The average Bonchev–Trinajstić information content (AvgIpc) is 3.82. The number of nitrogens with one attached hydrogen (secondary N) is 4. The third-order valence-electron chi connectivity index (χ3n) is 9.72. The van der Waals surface area contributed by atoms with E-state index in [0.717, 1.165) is 107 Å². The minimum Gasteiger partial charge on any atom is -0.492 e. The Morgan fingerprint density at radius 2 is 1.74 bits per heavy atom. The number of urea groups is 1. The monoisotopic (exact) mass is 721 g/mol. The Balaban J connectivity index is 0.906. The van der Waals surface area contributed by atoms with Gasteiger partial charge in [-0.15, -0.1) is 0 Å². The lowest BCUT2D eigenvalue weighted by Gasteiger charge is -2.26. The molecule has 12 nitrogen and oxygen atoms in total. The van der Waals surface area contributed by atoms with Crippen LogP contribution in [0.25, 0.3) is 27.4 Å². The largest absolute Gasteiger partial charge is 0.492 e. The number of carbonyl (C=O) groups excluding carboxylic acids is 1. The summed E-state index contributed by atoms with van der Waals surface area (Å²) in [5, 5.41) is 24.5. The van der Waals surface area contributed by atoms with Gasteiger partial charge in [0.2, 0.25) is 0 Å². The fourth-order valence-electron chi connectivity index (χ4n) is 6.98. The molecule has 2 amide bonds. The number of amides is 2. The highest BCUT2D eigenvalue weighted by molar-refractivity contribution is 6.06. The predicted molar refractivity (Wildman–Crippen MR) is 213 cm³/mol. The third-order valence-corrected chi connectivity index (χ3v) is 9.72. The molecule has 8 rings (SSSR count). The quantitative estimate of drug-likeness (QED) is 0.101. The number of hydrogen-bond donors (Lipinski definition) is 4. The van der Waals surface area contributed by atoms with Crippen LogP contribution in [0.3, 0.4) is 0 Å². The first-order valence-corrected chi connectivity index (χ1v) is 18.3. The molecule has 12 heteroatoms. The van der Waals surface area contributed by atoms with E-state index in [2.05, 4.69) is 84.5 Å². The van der Waals surface area contributed by atoms with Crippen molar-refractivity contribution < 1.29 is 14.3 Å². The first kappa shape index (κ1) is 34.8. The maximum absolute atomic E-state index is 13.4. The van der Waals surface area contributed by atoms with Crippen molar-refractivity contribution in [1.82, 2.24) is 29.9 Å². The number of anilines is 4. The lowest BCUT2D eigenvalue weighted by Crippen LogP contribution is -2.38. The first-order valence-electron chi connectivity index (χ1n) is 18.3. The Labute approximate surface area is 313 Å². The third kappa shape index (κ3) is 8.04. The molecule has 0 spiro atoms.